The predicted molar refractivity (Wildman–Crippen MR) is 136 cm³/mol. The molecule has 0 saturated heterocycles. The molecule has 1 atom stereocenters. The molecule has 0 aromatic heterocycles. The van der Waals surface area contributed by atoms with E-state index in [2.05, 4.69) is 78.4 Å². The fourth-order valence-corrected chi connectivity index (χ4v) is 5.05. The molecule has 0 unspecified atom stereocenters. The molecule has 0 aliphatic carbocycles. The Kier molecular flexibility index (Phi) is 7.26. The second-order valence-electron chi connectivity index (χ2n) is 8.80. The van der Waals surface area contributed by atoms with Crippen LogP contribution in [0, 0.1) is 0 Å². The van der Waals surface area contributed by atoms with E-state index in [4.69, 9.17) is 0 Å². The number of fused-ring (bicyclic) bond motifs is 1. The second kappa shape index (κ2) is 10.3. The van der Waals surface area contributed by atoms with Gasteiger partial charge in [-0.2, -0.15) is 0 Å². The molecule has 0 spiro atoms. The quantitative estimate of drug-likeness (QED) is 0.436. The van der Waals surface area contributed by atoms with E-state index >= 15 is 0 Å². The summed E-state index contributed by atoms with van der Waals surface area (Å²) in [6, 6.07) is 29.2. The first-order chi connectivity index (χ1) is 16.1. The van der Waals surface area contributed by atoms with E-state index in [1.165, 1.54) is 5.56 Å². The summed E-state index contributed by atoms with van der Waals surface area (Å²) >= 11 is 0. The summed E-state index contributed by atoms with van der Waals surface area (Å²) in [6.45, 7) is 7.99. The number of hydrogen-bond donors (Lipinski definition) is 0. The lowest BCUT2D eigenvalue weighted by atomic mass is 9.72. The smallest absolute Gasteiger partial charge is 0.256 e. The highest BCUT2D eigenvalue weighted by Crippen LogP contribution is 2.48. The zero-order valence-corrected chi connectivity index (χ0v) is 20.1. The minimum Gasteiger partial charge on any atom is -0.304 e. The van der Waals surface area contributed by atoms with Crippen molar-refractivity contribution in [1.29, 1.82) is 0 Å². The van der Waals surface area contributed by atoms with E-state index in [-0.39, 0.29) is 5.91 Å². The number of benzene rings is 3. The van der Waals surface area contributed by atoms with Gasteiger partial charge in [-0.15, -0.1) is 0 Å². The topological polar surface area (TPSA) is 26.8 Å². The Hall–Kier alpha value is -2.95. The van der Waals surface area contributed by atoms with Crippen molar-refractivity contribution in [2.24, 2.45) is 0 Å². The summed E-state index contributed by atoms with van der Waals surface area (Å²) in [4.78, 5) is 16.8. The normalized spacial score (nSPS) is 17.7. The van der Waals surface area contributed by atoms with Crippen molar-refractivity contribution in [2.75, 3.05) is 38.2 Å². The molecule has 1 aliphatic heterocycles. The van der Waals surface area contributed by atoms with Crippen LogP contribution in [0.3, 0.4) is 0 Å². The third kappa shape index (κ3) is 4.46. The molecular weight excluding hydrogens is 406 g/mol. The maximum atomic E-state index is 14.4. The van der Waals surface area contributed by atoms with E-state index in [0.29, 0.717) is 0 Å². The number of amides is 1. The molecule has 4 nitrogen and oxygen atoms in total. The highest BCUT2D eigenvalue weighted by atomic mass is 16.2. The summed E-state index contributed by atoms with van der Waals surface area (Å²) in [6.07, 6.45) is 1.65. The van der Waals surface area contributed by atoms with E-state index in [0.717, 1.165) is 55.8 Å². The van der Waals surface area contributed by atoms with Crippen LogP contribution >= 0.6 is 0 Å². The van der Waals surface area contributed by atoms with Gasteiger partial charge in [-0.1, -0.05) is 92.7 Å². The largest absolute Gasteiger partial charge is 0.304 e. The number of para-hydroxylation sites is 1. The number of hydrazine groups is 1. The molecule has 4 rings (SSSR count). The van der Waals surface area contributed by atoms with E-state index in [1.54, 1.807) is 0 Å². The molecule has 1 aliphatic rings. The minimum absolute atomic E-state index is 0.151. The fraction of sp³-hybridized carbons (Fsp3) is 0.345. The van der Waals surface area contributed by atoms with Gasteiger partial charge in [0.05, 0.1) is 5.69 Å². The van der Waals surface area contributed by atoms with Gasteiger partial charge in [0.1, 0.15) is 5.41 Å². The maximum absolute atomic E-state index is 14.4. The van der Waals surface area contributed by atoms with Gasteiger partial charge < -0.3 is 4.90 Å². The summed E-state index contributed by atoms with van der Waals surface area (Å²) in [5.74, 6) is 0.151. The summed E-state index contributed by atoms with van der Waals surface area (Å²) < 4.78 is 0. The van der Waals surface area contributed by atoms with Gasteiger partial charge in [0.25, 0.3) is 5.91 Å². The summed E-state index contributed by atoms with van der Waals surface area (Å²) in [5.41, 5.74) is 3.79. The van der Waals surface area contributed by atoms with Gasteiger partial charge >= 0.3 is 0 Å². The van der Waals surface area contributed by atoms with Crippen LogP contribution < -0.4 is 5.01 Å². The number of hydrogen-bond acceptors (Lipinski definition) is 3. The molecule has 33 heavy (non-hydrogen) atoms. The molecule has 0 radical (unpaired) electrons. The molecule has 4 heteroatoms. The van der Waals surface area contributed by atoms with Crippen molar-refractivity contribution in [2.45, 2.75) is 32.1 Å². The SMILES string of the molecule is CCN(CC)CC[C@@]1(c2ccccc2)C(=O)N(N(C)CCc2ccccc2)c2ccccc21. The Morgan fingerprint density at radius 2 is 1.39 bits per heavy atom. The molecule has 0 bridgehead atoms. The molecular formula is C29H35N3O. The maximum Gasteiger partial charge on any atom is 0.256 e. The van der Waals surface area contributed by atoms with Crippen molar-refractivity contribution in [1.82, 2.24) is 9.91 Å². The van der Waals surface area contributed by atoms with Crippen LogP contribution in [0.1, 0.15) is 37.0 Å². The monoisotopic (exact) mass is 441 g/mol. The molecule has 1 heterocycles. The Morgan fingerprint density at radius 1 is 0.788 bits per heavy atom. The number of carbonyl (C=O) groups excluding carboxylic acids is 1. The Labute approximate surface area is 198 Å². The Morgan fingerprint density at radius 3 is 2.06 bits per heavy atom. The van der Waals surface area contributed by atoms with Crippen molar-refractivity contribution in [3.05, 3.63) is 102 Å². The highest BCUT2D eigenvalue weighted by Gasteiger charge is 2.52. The van der Waals surface area contributed by atoms with Gasteiger partial charge in [-0.05, 0) is 55.2 Å². The predicted octanol–water partition coefficient (Wildman–Crippen LogP) is 5.14. The number of rotatable bonds is 10. The first-order valence-electron chi connectivity index (χ1n) is 12.1. The van der Waals surface area contributed by atoms with Gasteiger partial charge in [0.2, 0.25) is 0 Å². The van der Waals surface area contributed by atoms with Crippen LogP contribution in [0.25, 0.3) is 0 Å². The van der Waals surface area contributed by atoms with Crippen LogP contribution in [0.4, 0.5) is 5.69 Å². The first-order valence-corrected chi connectivity index (χ1v) is 12.1. The summed E-state index contributed by atoms with van der Waals surface area (Å²) in [5, 5.41) is 4.02. The van der Waals surface area contributed by atoms with Crippen LogP contribution in [0.15, 0.2) is 84.9 Å². The van der Waals surface area contributed by atoms with Crippen molar-refractivity contribution in [3.63, 3.8) is 0 Å². The Bertz CT molecular complexity index is 1050. The number of likely N-dealkylation sites (N-methyl/N-ethyl adjacent to an activating group) is 1. The molecule has 3 aromatic carbocycles. The zero-order chi connectivity index (χ0) is 23.3. The second-order valence-corrected chi connectivity index (χ2v) is 8.80. The average molecular weight is 442 g/mol. The number of anilines is 1. The number of carbonyl (C=O) groups is 1. The third-order valence-electron chi connectivity index (χ3n) is 7.02. The van der Waals surface area contributed by atoms with Crippen LogP contribution in [-0.2, 0) is 16.6 Å². The number of nitrogens with zero attached hydrogens (tertiary/aromatic N) is 3. The van der Waals surface area contributed by atoms with E-state index < -0.39 is 5.41 Å². The molecule has 3 aromatic rings. The molecule has 0 N–H and O–H groups in total. The first kappa shape index (κ1) is 23.2. The summed E-state index contributed by atoms with van der Waals surface area (Å²) in [7, 11) is 2.03. The lowest BCUT2D eigenvalue weighted by molar-refractivity contribution is -0.124. The standard InChI is InChI=1S/C29H35N3O/c1-4-31(5-2)23-21-29(25-16-10-7-11-17-25)26-18-12-13-19-27(26)32(28(29)33)30(3)22-20-24-14-8-6-9-15-24/h6-19H,4-5,20-23H2,1-3H3/t29-/m0/s1. The van der Waals surface area contributed by atoms with E-state index in [1.807, 2.05) is 42.4 Å². The van der Waals surface area contributed by atoms with Gasteiger partial charge in [0, 0.05) is 13.6 Å². The zero-order valence-electron chi connectivity index (χ0n) is 20.1. The lowest BCUT2D eigenvalue weighted by Gasteiger charge is -2.34. The molecule has 172 valence electrons. The van der Waals surface area contributed by atoms with Gasteiger partial charge in [0.15, 0.2) is 0 Å². The Balaban J connectivity index is 1.72. The molecule has 0 saturated carbocycles. The van der Waals surface area contributed by atoms with Gasteiger partial charge in [-0.25, -0.2) is 10.0 Å². The van der Waals surface area contributed by atoms with Crippen LogP contribution in [0.2, 0.25) is 0 Å². The van der Waals surface area contributed by atoms with Crippen molar-refractivity contribution >= 4 is 11.6 Å². The fourth-order valence-electron chi connectivity index (χ4n) is 5.05. The molecule has 0 fully saturated rings. The average Bonchev–Trinajstić information content (AvgIpc) is 3.13. The lowest BCUT2D eigenvalue weighted by Crippen LogP contribution is -2.50. The van der Waals surface area contributed by atoms with E-state index in [9.17, 15) is 4.79 Å². The highest BCUT2D eigenvalue weighted by molar-refractivity contribution is 6.09. The van der Waals surface area contributed by atoms with Gasteiger partial charge in [-0.3, -0.25) is 4.79 Å². The third-order valence-corrected chi connectivity index (χ3v) is 7.02. The minimum atomic E-state index is -0.679. The van der Waals surface area contributed by atoms with Crippen molar-refractivity contribution < 1.29 is 4.79 Å². The van der Waals surface area contributed by atoms with Crippen molar-refractivity contribution in [3.8, 4) is 0 Å². The van der Waals surface area contributed by atoms with Crippen LogP contribution in [0.5, 0.6) is 0 Å². The molecule has 1 amide bonds. The van der Waals surface area contributed by atoms with Crippen LogP contribution in [-0.4, -0.2) is 49.0 Å².